The molecule has 0 radical (unpaired) electrons. The highest BCUT2D eigenvalue weighted by Crippen LogP contribution is 2.14. The van der Waals surface area contributed by atoms with Crippen LogP contribution in [0.2, 0.25) is 5.02 Å². The number of carbonyl (C=O) groups is 2. The van der Waals surface area contributed by atoms with E-state index in [0.29, 0.717) is 23.7 Å². The van der Waals surface area contributed by atoms with Crippen molar-refractivity contribution >= 4 is 35.8 Å². The van der Waals surface area contributed by atoms with Crippen molar-refractivity contribution in [1.82, 2.24) is 10.2 Å². The lowest BCUT2D eigenvalue weighted by molar-refractivity contribution is -0.132. The Bertz CT molecular complexity index is 533. The number of hydrogen-bond donors (Lipinski definition) is 2. The van der Waals surface area contributed by atoms with Crippen molar-refractivity contribution < 1.29 is 9.59 Å². The van der Waals surface area contributed by atoms with Crippen molar-refractivity contribution in [3.8, 4) is 0 Å². The van der Waals surface area contributed by atoms with E-state index in [1.165, 1.54) is 0 Å². The number of nitrogens with one attached hydrogen (secondary N) is 1. The number of carbonyl (C=O) groups excluding carboxylic acids is 2. The van der Waals surface area contributed by atoms with E-state index in [1.807, 2.05) is 13.8 Å². The Labute approximate surface area is 149 Å². The third-order valence-corrected chi connectivity index (χ3v) is 3.67. The molecule has 0 spiro atoms. The maximum atomic E-state index is 12.3. The molecule has 2 amide bonds. The zero-order chi connectivity index (χ0) is 16.9. The fraction of sp³-hybridized carbons (Fsp3) is 0.500. The van der Waals surface area contributed by atoms with Crippen LogP contribution >= 0.6 is 24.0 Å². The Balaban J connectivity index is 0.00000484. The van der Waals surface area contributed by atoms with Gasteiger partial charge in [-0.15, -0.1) is 12.4 Å². The Hall–Kier alpha value is -1.30. The maximum Gasteiger partial charge on any atom is 0.251 e. The van der Waals surface area contributed by atoms with Gasteiger partial charge in [0.05, 0.1) is 0 Å². The number of likely N-dealkylation sites (N-methyl/N-ethyl adjacent to an activating group) is 1. The van der Waals surface area contributed by atoms with Gasteiger partial charge in [0.15, 0.2) is 0 Å². The van der Waals surface area contributed by atoms with Crippen molar-refractivity contribution in [1.29, 1.82) is 0 Å². The number of benzene rings is 1. The summed E-state index contributed by atoms with van der Waals surface area (Å²) < 4.78 is 0. The first-order valence-electron chi connectivity index (χ1n) is 7.18. The Morgan fingerprint density at radius 1 is 1.30 bits per heavy atom. The Kier molecular flexibility index (Phi) is 8.59. The highest BCUT2D eigenvalue weighted by molar-refractivity contribution is 6.30. The van der Waals surface area contributed by atoms with Crippen LogP contribution in [0.4, 0.5) is 0 Å². The lowest BCUT2D eigenvalue weighted by Gasteiger charge is -2.30. The highest BCUT2D eigenvalue weighted by atomic mass is 35.5. The van der Waals surface area contributed by atoms with Crippen molar-refractivity contribution in [3.63, 3.8) is 0 Å². The van der Waals surface area contributed by atoms with Gasteiger partial charge in [0.2, 0.25) is 5.91 Å². The fourth-order valence-corrected chi connectivity index (χ4v) is 2.18. The van der Waals surface area contributed by atoms with Crippen LogP contribution in [0.5, 0.6) is 0 Å². The van der Waals surface area contributed by atoms with Crippen molar-refractivity contribution in [2.45, 2.75) is 26.8 Å². The van der Waals surface area contributed by atoms with Crippen LogP contribution in [-0.2, 0) is 4.79 Å². The van der Waals surface area contributed by atoms with Gasteiger partial charge in [-0.1, -0.05) is 25.4 Å². The Morgan fingerprint density at radius 3 is 2.30 bits per heavy atom. The summed E-state index contributed by atoms with van der Waals surface area (Å²) >= 11 is 5.79. The molecule has 0 bridgehead atoms. The molecule has 0 aliphatic rings. The second kappa shape index (κ2) is 9.11. The largest absolute Gasteiger partial charge is 0.343 e. The van der Waals surface area contributed by atoms with Gasteiger partial charge in [-0.25, -0.2) is 0 Å². The zero-order valence-corrected chi connectivity index (χ0v) is 15.5. The molecule has 0 aliphatic heterocycles. The van der Waals surface area contributed by atoms with Crippen LogP contribution < -0.4 is 11.1 Å². The van der Waals surface area contributed by atoms with E-state index in [4.69, 9.17) is 17.3 Å². The summed E-state index contributed by atoms with van der Waals surface area (Å²) in [5.41, 5.74) is 5.99. The van der Waals surface area contributed by atoms with Gasteiger partial charge in [0.1, 0.15) is 6.04 Å². The average molecular weight is 362 g/mol. The average Bonchev–Trinajstić information content (AvgIpc) is 2.46. The number of nitrogens with zero attached hydrogens (tertiary/aromatic N) is 1. The van der Waals surface area contributed by atoms with Gasteiger partial charge in [0.25, 0.3) is 5.91 Å². The molecule has 0 aromatic heterocycles. The summed E-state index contributed by atoms with van der Waals surface area (Å²) in [5.74, 6) is -0.451. The predicted molar refractivity (Wildman–Crippen MR) is 96.1 cm³/mol. The molecule has 0 fully saturated rings. The van der Waals surface area contributed by atoms with Crippen LogP contribution in [0.3, 0.4) is 0 Å². The normalized spacial score (nSPS) is 12.1. The minimum absolute atomic E-state index is 0. The first-order chi connectivity index (χ1) is 10.2. The van der Waals surface area contributed by atoms with Crippen molar-refractivity contribution in [3.05, 3.63) is 34.9 Å². The van der Waals surface area contributed by atoms with Gasteiger partial charge >= 0.3 is 0 Å². The molecule has 1 aromatic carbocycles. The summed E-state index contributed by atoms with van der Waals surface area (Å²) in [6, 6.07) is 5.91. The number of rotatable bonds is 6. The van der Waals surface area contributed by atoms with E-state index in [2.05, 4.69) is 5.32 Å². The van der Waals surface area contributed by atoms with Gasteiger partial charge < -0.3 is 16.0 Å². The molecular weight excluding hydrogens is 337 g/mol. The molecule has 1 atom stereocenters. The molecule has 0 saturated carbocycles. The summed E-state index contributed by atoms with van der Waals surface area (Å²) in [4.78, 5) is 26.0. The summed E-state index contributed by atoms with van der Waals surface area (Å²) in [5, 5.41) is 3.26. The predicted octanol–water partition coefficient (Wildman–Crippen LogP) is 2.32. The molecule has 23 heavy (non-hydrogen) atoms. The summed E-state index contributed by atoms with van der Waals surface area (Å²) in [7, 11) is 1.71. The molecule has 1 aromatic rings. The quantitative estimate of drug-likeness (QED) is 0.816. The number of halogens is 2. The molecule has 0 heterocycles. The molecule has 3 N–H and O–H groups in total. The summed E-state index contributed by atoms with van der Waals surface area (Å²) in [6.45, 7) is 6.67. The van der Waals surface area contributed by atoms with Gasteiger partial charge in [-0.3, -0.25) is 9.59 Å². The smallest absolute Gasteiger partial charge is 0.251 e. The lowest BCUT2D eigenvalue weighted by Crippen LogP contribution is -2.48. The van der Waals surface area contributed by atoms with Crippen molar-refractivity contribution in [2.75, 3.05) is 20.1 Å². The third kappa shape index (κ3) is 6.77. The molecule has 0 aliphatic carbocycles. The number of amides is 2. The lowest BCUT2D eigenvalue weighted by atomic mass is 9.93. The molecule has 130 valence electrons. The monoisotopic (exact) mass is 361 g/mol. The SMILES string of the molecule is CC(NC(=O)c1ccc(Cl)cc1)C(=O)N(C)CC(C)(C)CN.Cl. The van der Waals surface area contributed by atoms with Crippen LogP contribution in [0.25, 0.3) is 0 Å². The molecular formula is C16H25Cl2N3O2. The topological polar surface area (TPSA) is 75.4 Å². The maximum absolute atomic E-state index is 12.3. The van der Waals surface area contributed by atoms with E-state index >= 15 is 0 Å². The first-order valence-corrected chi connectivity index (χ1v) is 7.55. The number of hydrogen-bond acceptors (Lipinski definition) is 3. The van der Waals surface area contributed by atoms with Crippen LogP contribution in [-0.4, -0.2) is 42.9 Å². The molecule has 0 saturated heterocycles. The fourth-order valence-electron chi connectivity index (χ4n) is 2.06. The minimum Gasteiger partial charge on any atom is -0.343 e. The van der Waals surface area contributed by atoms with E-state index < -0.39 is 6.04 Å². The third-order valence-electron chi connectivity index (χ3n) is 3.42. The molecule has 1 unspecified atom stereocenters. The highest BCUT2D eigenvalue weighted by Gasteiger charge is 2.25. The van der Waals surface area contributed by atoms with E-state index in [-0.39, 0.29) is 29.6 Å². The number of nitrogens with two attached hydrogens (primary N) is 1. The summed E-state index contributed by atoms with van der Waals surface area (Å²) in [6.07, 6.45) is 0. The first kappa shape index (κ1) is 21.7. The minimum atomic E-state index is -0.609. The van der Waals surface area contributed by atoms with Crippen LogP contribution in [0.15, 0.2) is 24.3 Å². The molecule has 1 rings (SSSR count). The Morgan fingerprint density at radius 2 is 1.83 bits per heavy atom. The van der Waals surface area contributed by atoms with Crippen LogP contribution in [0, 0.1) is 5.41 Å². The van der Waals surface area contributed by atoms with E-state index in [0.717, 1.165) is 0 Å². The van der Waals surface area contributed by atoms with E-state index in [1.54, 1.807) is 43.1 Å². The molecule has 5 nitrogen and oxygen atoms in total. The molecule has 7 heteroatoms. The standard InChI is InChI=1S/C16H24ClN3O2.ClH/c1-11(15(22)20(4)10-16(2,3)9-18)19-14(21)12-5-7-13(17)8-6-12;/h5-8,11H,9-10,18H2,1-4H3,(H,19,21);1H. The van der Waals surface area contributed by atoms with Gasteiger partial charge in [0, 0.05) is 24.2 Å². The second-order valence-corrected chi connectivity index (χ2v) is 6.70. The van der Waals surface area contributed by atoms with E-state index in [9.17, 15) is 9.59 Å². The second-order valence-electron chi connectivity index (χ2n) is 6.26. The zero-order valence-electron chi connectivity index (χ0n) is 13.9. The van der Waals surface area contributed by atoms with Gasteiger partial charge in [-0.05, 0) is 43.1 Å². The van der Waals surface area contributed by atoms with Crippen LogP contribution in [0.1, 0.15) is 31.1 Å². The van der Waals surface area contributed by atoms with Crippen molar-refractivity contribution in [2.24, 2.45) is 11.1 Å². The van der Waals surface area contributed by atoms with Gasteiger partial charge in [-0.2, -0.15) is 0 Å².